The first kappa shape index (κ1) is 12.0. The lowest BCUT2D eigenvalue weighted by molar-refractivity contribution is -0.384. The van der Waals surface area contributed by atoms with E-state index in [0.717, 1.165) is 6.07 Å². The van der Waals surface area contributed by atoms with Gasteiger partial charge in [0.15, 0.2) is 5.82 Å². The van der Waals surface area contributed by atoms with Crippen LogP contribution in [-0.4, -0.2) is 4.92 Å². The average molecular weight is 250 g/mol. The lowest BCUT2D eigenvalue weighted by atomic mass is 10.0. The number of benzene rings is 2. The van der Waals surface area contributed by atoms with E-state index in [-0.39, 0.29) is 11.3 Å². The standard InChI is InChI=1S/C12H8F2N2O2/c13-10-6-5-9(11(14)12(10)15)7-1-3-8(4-2-7)16(17)18/h1-6H,15H2. The van der Waals surface area contributed by atoms with E-state index >= 15 is 0 Å². The molecule has 2 aromatic carbocycles. The van der Waals surface area contributed by atoms with Crippen LogP contribution in [0.4, 0.5) is 20.2 Å². The van der Waals surface area contributed by atoms with Gasteiger partial charge >= 0.3 is 0 Å². The maximum atomic E-state index is 13.7. The summed E-state index contributed by atoms with van der Waals surface area (Å²) in [5.74, 6) is -1.71. The Hall–Kier alpha value is -2.50. The van der Waals surface area contributed by atoms with Gasteiger partial charge in [0.25, 0.3) is 5.69 Å². The van der Waals surface area contributed by atoms with Crippen LogP contribution in [-0.2, 0) is 0 Å². The van der Waals surface area contributed by atoms with E-state index in [0.29, 0.717) is 5.56 Å². The first-order chi connectivity index (χ1) is 8.50. The number of non-ortho nitro benzene ring substituents is 1. The van der Waals surface area contributed by atoms with Crippen LogP contribution in [0.15, 0.2) is 36.4 Å². The number of nitro benzene ring substituents is 1. The molecule has 0 bridgehead atoms. The van der Waals surface area contributed by atoms with Gasteiger partial charge in [-0.3, -0.25) is 10.1 Å². The van der Waals surface area contributed by atoms with Crippen molar-refractivity contribution in [1.82, 2.24) is 0 Å². The average Bonchev–Trinajstić information content (AvgIpc) is 2.36. The SMILES string of the molecule is Nc1c(F)ccc(-c2ccc([N+](=O)[O-])cc2)c1F. The van der Waals surface area contributed by atoms with Crippen LogP contribution in [0.25, 0.3) is 11.1 Å². The van der Waals surface area contributed by atoms with E-state index in [4.69, 9.17) is 5.73 Å². The van der Waals surface area contributed by atoms with Gasteiger partial charge in [0.1, 0.15) is 11.5 Å². The minimum Gasteiger partial charge on any atom is -0.394 e. The zero-order chi connectivity index (χ0) is 13.3. The summed E-state index contributed by atoms with van der Waals surface area (Å²) in [5, 5.41) is 10.5. The molecule has 0 aliphatic carbocycles. The van der Waals surface area contributed by atoms with Crippen molar-refractivity contribution < 1.29 is 13.7 Å². The zero-order valence-electron chi connectivity index (χ0n) is 9.06. The molecule has 0 aromatic heterocycles. The van der Waals surface area contributed by atoms with Crippen molar-refractivity contribution in [3.05, 3.63) is 58.1 Å². The number of nitrogens with zero attached hydrogens (tertiary/aromatic N) is 1. The fourth-order valence-corrected chi connectivity index (χ4v) is 1.56. The molecule has 0 atom stereocenters. The molecule has 0 aliphatic rings. The van der Waals surface area contributed by atoms with Crippen LogP contribution in [0.1, 0.15) is 0 Å². The Morgan fingerprint density at radius 3 is 2.22 bits per heavy atom. The zero-order valence-corrected chi connectivity index (χ0v) is 9.06. The first-order valence-electron chi connectivity index (χ1n) is 4.99. The van der Waals surface area contributed by atoms with E-state index in [1.54, 1.807) is 0 Å². The molecule has 0 aliphatic heterocycles. The number of nitrogens with two attached hydrogens (primary N) is 1. The van der Waals surface area contributed by atoms with Crippen molar-refractivity contribution in [1.29, 1.82) is 0 Å². The van der Waals surface area contributed by atoms with Crippen LogP contribution in [0.2, 0.25) is 0 Å². The maximum absolute atomic E-state index is 13.7. The molecule has 0 radical (unpaired) electrons. The summed E-state index contributed by atoms with van der Waals surface area (Å²) in [6, 6.07) is 7.54. The van der Waals surface area contributed by atoms with Crippen molar-refractivity contribution >= 4 is 11.4 Å². The smallest absolute Gasteiger partial charge is 0.269 e. The third kappa shape index (κ3) is 2.00. The Morgan fingerprint density at radius 2 is 1.67 bits per heavy atom. The summed E-state index contributed by atoms with van der Waals surface area (Å²) in [6.45, 7) is 0. The second-order valence-corrected chi connectivity index (χ2v) is 3.63. The van der Waals surface area contributed by atoms with Crippen molar-refractivity contribution in [2.75, 3.05) is 5.73 Å². The Morgan fingerprint density at radius 1 is 1.06 bits per heavy atom. The van der Waals surface area contributed by atoms with Crippen molar-refractivity contribution in [3.63, 3.8) is 0 Å². The van der Waals surface area contributed by atoms with Gasteiger partial charge in [-0.15, -0.1) is 0 Å². The van der Waals surface area contributed by atoms with Crippen LogP contribution >= 0.6 is 0 Å². The van der Waals surface area contributed by atoms with Crippen LogP contribution in [0.3, 0.4) is 0 Å². The molecule has 0 saturated carbocycles. The molecule has 0 amide bonds. The highest BCUT2D eigenvalue weighted by Crippen LogP contribution is 2.29. The second-order valence-electron chi connectivity index (χ2n) is 3.63. The molecule has 0 spiro atoms. The molecule has 0 heterocycles. The van der Waals surface area contributed by atoms with Crippen molar-refractivity contribution in [3.8, 4) is 11.1 Å². The van der Waals surface area contributed by atoms with Crippen molar-refractivity contribution in [2.24, 2.45) is 0 Å². The minimum absolute atomic E-state index is 0.101. The number of rotatable bonds is 2. The highest BCUT2D eigenvalue weighted by atomic mass is 19.1. The molecular formula is C12H8F2N2O2. The number of hydrogen-bond donors (Lipinski definition) is 1. The summed E-state index contributed by atoms with van der Waals surface area (Å²) in [5.41, 5.74) is 5.07. The Labute approximate surface area is 101 Å². The summed E-state index contributed by atoms with van der Waals surface area (Å²) in [7, 11) is 0. The third-order valence-corrected chi connectivity index (χ3v) is 2.52. The normalized spacial score (nSPS) is 10.3. The summed E-state index contributed by atoms with van der Waals surface area (Å²) in [6.07, 6.45) is 0. The number of hydrogen-bond acceptors (Lipinski definition) is 3. The van der Waals surface area contributed by atoms with E-state index in [1.807, 2.05) is 0 Å². The molecule has 92 valence electrons. The summed E-state index contributed by atoms with van der Waals surface area (Å²) in [4.78, 5) is 9.92. The minimum atomic E-state index is -0.871. The van der Waals surface area contributed by atoms with Crippen LogP contribution < -0.4 is 5.73 Å². The van der Waals surface area contributed by atoms with Gasteiger partial charge < -0.3 is 5.73 Å². The lowest BCUT2D eigenvalue weighted by Gasteiger charge is -2.06. The highest BCUT2D eigenvalue weighted by molar-refractivity contribution is 5.69. The Bertz CT molecular complexity index is 612. The topological polar surface area (TPSA) is 69.2 Å². The predicted molar refractivity (Wildman–Crippen MR) is 62.9 cm³/mol. The number of halogens is 2. The molecule has 2 rings (SSSR count). The number of nitro groups is 1. The quantitative estimate of drug-likeness (QED) is 0.505. The van der Waals surface area contributed by atoms with Gasteiger partial charge in [-0.25, -0.2) is 8.78 Å². The van der Waals surface area contributed by atoms with E-state index in [2.05, 4.69) is 0 Å². The van der Waals surface area contributed by atoms with E-state index in [1.165, 1.54) is 30.3 Å². The molecule has 0 unspecified atom stereocenters. The largest absolute Gasteiger partial charge is 0.394 e. The second kappa shape index (κ2) is 4.40. The molecule has 0 fully saturated rings. The number of nitrogen functional groups attached to an aromatic ring is 1. The van der Waals surface area contributed by atoms with Gasteiger partial charge in [0.2, 0.25) is 0 Å². The predicted octanol–water partition coefficient (Wildman–Crippen LogP) is 3.12. The molecule has 2 aromatic rings. The number of anilines is 1. The van der Waals surface area contributed by atoms with Gasteiger partial charge in [-0.05, 0) is 29.8 Å². The molecule has 4 nitrogen and oxygen atoms in total. The first-order valence-corrected chi connectivity index (χ1v) is 4.99. The van der Waals surface area contributed by atoms with Gasteiger partial charge in [-0.2, -0.15) is 0 Å². The van der Waals surface area contributed by atoms with Crippen molar-refractivity contribution in [2.45, 2.75) is 0 Å². The highest BCUT2D eigenvalue weighted by Gasteiger charge is 2.13. The Kier molecular flexibility index (Phi) is 2.93. The molecule has 18 heavy (non-hydrogen) atoms. The molecule has 6 heteroatoms. The Balaban J connectivity index is 2.49. The van der Waals surface area contributed by atoms with E-state index in [9.17, 15) is 18.9 Å². The van der Waals surface area contributed by atoms with Crippen LogP contribution in [0, 0.1) is 21.7 Å². The molecular weight excluding hydrogens is 242 g/mol. The summed E-state index contributed by atoms with van der Waals surface area (Å²) < 4.78 is 26.7. The molecule has 2 N–H and O–H groups in total. The third-order valence-electron chi connectivity index (χ3n) is 2.52. The summed E-state index contributed by atoms with van der Waals surface area (Å²) >= 11 is 0. The fourth-order valence-electron chi connectivity index (χ4n) is 1.56. The van der Waals surface area contributed by atoms with Gasteiger partial charge in [0, 0.05) is 17.7 Å². The van der Waals surface area contributed by atoms with Gasteiger partial charge in [0.05, 0.1) is 4.92 Å². The lowest BCUT2D eigenvalue weighted by Crippen LogP contribution is -1.97. The van der Waals surface area contributed by atoms with Gasteiger partial charge in [-0.1, -0.05) is 0 Å². The molecule has 0 saturated heterocycles. The maximum Gasteiger partial charge on any atom is 0.269 e. The van der Waals surface area contributed by atoms with Crippen LogP contribution in [0.5, 0.6) is 0 Å². The fraction of sp³-hybridized carbons (Fsp3) is 0. The monoisotopic (exact) mass is 250 g/mol. The van der Waals surface area contributed by atoms with E-state index < -0.39 is 22.2 Å².